The Hall–Kier alpha value is -1.36. The van der Waals surface area contributed by atoms with Crippen LogP contribution < -0.4 is 10.5 Å². The summed E-state index contributed by atoms with van der Waals surface area (Å²) < 4.78 is 5.32. The van der Waals surface area contributed by atoms with Crippen LogP contribution in [0.15, 0.2) is 36.4 Å². The zero-order valence-electron chi connectivity index (χ0n) is 9.59. The molecule has 0 saturated carbocycles. The minimum Gasteiger partial charge on any atom is -0.496 e. The van der Waals surface area contributed by atoms with E-state index in [1.165, 1.54) is 11.3 Å². The number of para-hydroxylation sites is 1. The molecule has 0 aliphatic rings. The first kappa shape index (κ1) is 12.1. The summed E-state index contributed by atoms with van der Waals surface area (Å²) in [5, 5.41) is 9.67. The Balaban J connectivity index is 2.37. The van der Waals surface area contributed by atoms with Crippen LogP contribution in [0.5, 0.6) is 5.75 Å². The molecular formula is C13H15NO2S. The maximum atomic E-state index is 9.67. The monoisotopic (exact) mass is 249 g/mol. The molecule has 1 aromatic heterocycles. The van der Waals surface area contributed by atoms with E-state index in [-0.39, 0.29) is 6.54 Å². The number of rotatable bonds is 4. The van der Waals surface area contributed by atoms with Crippen LogP contribution in [0.3, 0.4) is 0 Å². The van der Waals surface area contributed by atoms with Crippen molar-refractivity contribution in [3.63, 3.8) is 0 Å². The van der Waals surface area contributed by atoms with Crippen molar-refractivity contribution < 1.29 is 9.84 Å². The molecule has 0 radical (unpaired) electrons. The third-order valence-corrected chi connectivity index (χ3v) is 3.77. The predicted molar refractivity (Wildman–Crippen MR) is 70.3 cm³/mol. The lowest BCUT2D eigenvalue weighted by atomic mass is 10.1. The number of aliphatic hydroxyl groups is 1. The lowest BCUT2D eigenvalue weighted by molar-refractivity contribution is 0.190. The number of aliphatic hydroxyl groups excluding tert-OH is 1. The third-order valence-electron chi connectivity index (χ3n) is 2.55. The van der Waals surface area contributed by atoms with Gasteiger partial charge in [-0.3, -0.25) is 0 Å². The molecule has 1 atom stereocenters. The molecule has 4 heteroatoms. The summed E-state index contributed by atoms with van der Waals surface area (Å²) in [6.45, 7) is 0.242. The van der Waals surface area contributed by atoms with E-state index in [1.54, 1.807) is 7.11 Å². The van der Waals surface area contributed by atoms with Crippen LogP contribution in [0.4, 0.5) is 0 Å². The molecule has 1 heterocycles. The maximum absolute atomic E-state index is 9.67. The summed E-state index contributed by atoms with van der Waals surface area (Å²) >= 11 is 1.54. The molecule has 1 aromatic carbocycles. The standard InChI is InChI=1S/C13H15NO2S/c1-16-11-5-3-2-4-9(11)12-6-7-13(17-12)10(15)8-14/h2-7,10,15H,8,14H2,1H3. The van der Waals surface area contributed by atoms with E-state index in [1.807, 2.05) is 36.4 Å². The molecule has 0 aliphatic carbocycles. The lowest BCUT2D eigenvalue weighted by Crippen LogP contribution is -2.09. The molecule has 0 fully saturated rings. The molecule has 17 heavy (non-hydrogen) atoms. The average molecular weight is 249 g/mol. The first-order valence-corrected chi connectivity index (χ1v) is 6.19. The Morgan fingerprint density at radius 3 is 2.76 bits per heavy atom. The van der Waals surface area contributed by atoms with Crippen LogP contribution in [0.2, 0.25) is 0 Å². The number of nitrogens with two attached hydrogens (primary N) is 1. The van der Waals surface area contributed by atoms with E-state index in [4.69, 9.17) is 10.5 Å². The fourth-order valence-corrected chi connectivity index (χ4v) is 2.68. The van der Waals surface area contributed by atoms with Gasteiger partial charge in [-0.2, -0.15) is 0 Å². The maximum Gasteiger partial charge on any atom is 0.127 e. The SMILES string of the molecule is COc1ccccc1-c1ccc(C(O)CN)s1. The van der Waals surface area contributed by atoms with Crippen LogP contribution in [-0.4, -0.2) is 18.8 Å². The van der Waals surface area contributed by atoms with Gasteiger partial charge in [0.1, 0.15) is 11.9 Å². The summed E-state index contributed by atoms with van der Waals surface area (Å²) in [5.74, 6) is 0.836. The topological polar surface area (TPSA) is 55.5 Å². The molecule has 3 nitrogen and oxygen atoms in total. The molecule has 0 saturated heterocycles. The lowest BCUT2D eigenvalue weighted by Gasteiger charge is -2.06. The van der Waals surface area contributed by atoms with Gasteiger partial charge >= 0.3 is 0 Å². The second-order valence-electron chi connectivity index (χ2n) is 3.65. The van der Waals surface area contributed by atoms with Gasteiger partial charge in [0.2, 0.25) is 0 Å². The van der Waals surface area contributed by atoms with Gasteiger partial charge in [0.15, 0.2) is 0 Å². The molecule has 0 spiro atoms. The molecule has 2 rings (SSSR count). The Kier molecular flexibility index (Phi) is 3.78. The average Bonchev–Trinajstić information content (AvgIpc) is 2.87. The molecule has 0 aliphatic heterocycles. The molecule has 1 unspecified atom stereocenters. The quantitative estimate of drug-likeness (QED) is 0.875. The number of benzene rings is 1. The third kappa shape index (κ3) is 2.49. The number of hydrogen-bond donors (Lipinski definition) is 2. The predicted octanol–water partition coefficient (Wildman–Crippen LogP) is 2.42. The van der Waals surface area contributed by atoms with Crippen LogP contribution in [0.1, 0.15) is 11.0 Å². The summed E-state index contributed by atoms with van der Waals surface area (Å²) in [6, 6.07) is 11.7. The fourth-order valence-electron chi connectivity index (χ4n) is 1.64. The van der Waals surface area contributed by atoms with Crippen molar-refractivity contribution in [2.75, 3.05) is 13.7 Å². The van der Waals surface area contributed by atoms with Crippen molar-refractivity contribution in [1.82, 2.24) is 0 Å². The van der Waals surface area contributed by atoms with Gasteiger partial charge in [-0.25, -0.2) is 0 Å². The first-order valence-electron chi connectivity index (χ1n) is 5.37. The summed E-state index contributed by atoms with van der Waals surface area (Å²) in [7, 11) is 1.65. The van der Waals surface area contributed by atoms with Gasteiger partial charge in [0.05, 0.1) is 7.11 Å². The molecule has 2 aromatic rings. The largest absolute Gasteiger partial charge is 0.496 e. The Labute approximate surface area is 104 Å². The minimum absolute atomic E-state index is 0.242. The fraction of sp³-hybridized carbons (Fsp3) is 0.231. The van der Waals surface area contributed by atoms with E-state index in [9.17, 15) is 5.11 Å². The van der Waals surface area contributed by atoms with E-state index < -0.39 is 6.10 Å². The van der Waals surface area contributed by atoms with Crippen molar-refractivity contribution >= 4 is 11.3 Å². The van der Waals surface area contributed by atoms with Gasteiger partial charge in [-0.05, 0) is 24.3 Å². The minimum atomic E-state index is -0.580. The highest BCUT2D eigenvalue weighted by Crippen LogP contribution is 2.36. The van der Waals surface area contributed by atoms with Crippen molar-refractivity contribution in [3.8, 4) is 16.2 Å². The molecule has 90 valence electrons. The summed E-state index contributed by atoms with van der Waals surface area (Å²) in [4.78, 5) is 1.96. The smallest absolute Gasteiger partial charge is 0.127 e. The zero-order chi connectivity index (χ0) is 12.3. The van der Waals surface area contributed by atoms with Crippen LogP contribution in [-0.2, 0) is 0 Å². The van der Waals surface area contributed by atoms with Crippen molar-refractivity contribution in [2.45, 2.75) is 6.10 Å². The molecule has 3 N–H and O–H groups in total. The highest BCUT2D eigenvalue weighted by atomic mass is 32.1. The molecule has 0 amide bonds. The number of ether oxygens (including phenoxy) is 1. The Bertz CT molecular complexity index is 496. The summed E-state index contributed by atoms with van der Waals surface area (Å²) in [5.41, 5.74) is 6.48. The van der Waals surface area contributed by atoms with Crippen LogP contribution in [0, 0.1) is 0 Å². The molecule has 0 bridgehead atoms. The van der Waals surface area contributed by atoms with Crippen LogP contribution in [0.25, 0.3) is 10.4 Å². The normalized spacial score (nSPS) is 12.4. The Morgan fingerprint density at radius 2 is 2.06 bits per heavy atom. The van der Waals surface area contributed by atoms with E-state index >= 15 is 0 Å². The second kappa shape index (κ2) is 5.31. The van der Waals surface area contributed by atoms with E-state index in [0.29, 0.717) is 0 Å². The van der Waals surface area contributed by atoms with Gasteiger partial charge in [0.25, 0.3) is 0 Å². The first-order chi connectivity index (χ1) is 8.26. The van der Waals surface area contributed by atoms with Gasteiger partial charge in [0, 0.05) is 21.9 Å². The number of hydrogen-bond acceptors (Lipinski definition) is 4. The van der Waals surface area contributed by atoms with E-state index in [0.717, 1.165) is 21.1 Å². The van der Waals surface area contributed by atoms with Crippen molar-refractivity contribution in [1.29, 1.82) is 0 Å². The van der Waals surface area contributed by atoms with Gasteiger partial charge in [-0.1, -0.05) is 12.1 Å². The van der Waals surface area contributed by atoms with Gasteiger partial charge < -0.3 is 15.6 Å². The van der Waals surface area contributed by atoms with Crippen molar-refractivity contribution in [2.24, 2.45) is 5.73 Å². The van der Waals surface area contributed by atoms with Gasteiger partial charge in [-0.15, -0.1) is 11.3 Å². The second-order valence-corrected chi connectivity index (χ2v) is 4.77. The zero-order valence-corrected chi connectivity index (χ0v) is 10.4. The van der Waals surface area contributed by atoms with Crippen LogP contribution >= 0.6 is 11.3 Å². The van der Waals surface area contributed by atoms with Crippen molar-refractivity contribution in [3.05, 3.63) is 41.3 Å². The summed E-state index contributed by atoms with van der Waals surface area (Å²) in [6.07, 6.45) is -0.580. The van der Waals surface area contributed by atoms with E-state index in [2.05, 4.69) is 0 Å². The highest BCUT2D eigenvalue weighted by molar-refractivity contribution is 7.15. The number of methoxy groups -OCH3 is 1. The number of thiophene rings is 1. The molecular weight excluding hydrogens is 234 g/mol. The Morgan fingerprint density at radius 1 is 1.29 bits per heavy atom. The highest BCUT2D eigenvalue weighted by Gasteiger charge is 2.11.